The summed E-state index contributed by atoms with van der Waals surface area (Å²) < 4.78 is 40.9. The van der Waals surface area contributed by atoms with Gasteiger partial charge in [-0.25, -0.2) is 4.79 Å². The quantitative estimate of drug-likeness (QED) is 0.741. The lowest BCUT2D eigenvalue weighted by molar-refractivity contribution is -0.176. The van der Waals surface area contributed by atoms with Crippen LogP contribution < -0.4 is 5.32 Å². The third-order valence-corrected chi connectivity index (χ3v) is 1.87. The maximum atomic E-state index is 12.1. The Kier molecular flexibility index (Phi) is 5.98. The van der Waals surface area contributed by atoms with Crippen molar-refractivity contribution in [3.05, 3.63) is 0 Å². The van der Waals surface area contributed by atoms with Crippen molar-refractivity contribution < 1.29 is 37.4 Å². The third-order valence-electron chi connectivity index (χ3n) is 1.87. The maximum absolute atomic E-state index is 12.1. The second-order valence-corrected chi connectivity index (χ2v) is 5.29. The lowest BCUT2D eigenvalue weighted by Gasteiger charge is -2.21. The van der Waals surface area contributed by atoms with Crippen molar-refractivity contribution in [2.45, 2.75) is 39.4 Å². The molecular formula is C11H16F3NO5. The van der Waals surface area contributed by atoms with E-state index in [1.54, 1.807) is 20.8 Å². The summed E-state index contributed by atoms with van der Waals surface area (Å²) >= 11 is 0. The number of halogens is 3. The number of carbonyl (C=O) groups excluding carboxylic acids is 2. The van der Waals surface area contributed by atoms with Gasteiger partial charge in [-0.3, -0.25) is 9.59 Å². The first-order valence-electron chi connectivity index (χ1n) is 5.59. The molecule has 6 nitrogen and oxygen atoms in total. The highest BCUT2D eigenvalue weighted by atomic mass is 19.4. The number of hydrogen-bond acceptors (Lipinski definition) is 4. The van der Waals surface area contributed by atoms with E-state index in [4.69, 9.17) is 9.84 Å². The molecule has 0 aliphatic heterocycles. The summed E-state index contributed by atoms with van der Waals surface area (Å²) in [6, 6.07) is -1.89. The van der Waals surface area contributed by atoms with Crippen LogP contribution in [-0.4, -0.2) is 41.8 Å². The van der Waals surface area contributed by atoms with Gasteiger partial charge in [0.2, 0.25) is 0 Å². The number of rotatable bonds is 5. The van der Waals surface area contributed by atoms with Crippen LogP contribution >= 0.6 is 0 Å². The first kappa shape index (κ1) is 18.2. The fourth-order valence-electron chi connectivity index (χ4n) is 0.996. The van der Waals surface area contributed by atoms with Crippen molar-refractivity contribution in [1.29, 1.82) is 0 Å². The van der Waals surface area contributed by atoms with Gasteiger partial charge >= 0.3 is 24.0 Å². The van der Waals surface area contributed by atoms with Gasteiger partial charge < -0.3 is 15.2 Å². The van der Waals surface area contributed by atoms with Gasteiger partial charge in [0.25, 0.3) is 0 Å². The summed E-state index contributed by atoms with van der Waals surface area (Å²) in [5.74, 6) is -5.15. The minimum absolute atomic E-state index is 0.121. The average Bonchev–Trinajstić information content (AvgIpc) is 2.21. The molecule has 0 aromatic rings. The minimum Gasteiger partial charge on any atom is -0.481 e. The molecule has 0 aromatic heterocycles. The molecule has 0 saturated carbocycles. The summed E-state index contributed by atoms with van der Waals surface area (Å²) in [4.78, 5) is 32.8. The van der Waals surface area contributed by atoms with E-state index in [-0.39, 0.29) is 6.61 Å². The predicted molar refractivity (Wildman–Crippen MR) is 60.7 cm³/mol. The van der Waals surface area contributed by atoms with Gasteiger partial charge in [-0.15, -0.1) is 0 Å². The number of amides is 1. The molecule has 0 aliphatic carbocycles. The molecule has 2 N–H and O–H groups in total. The maximum Gasteiger partial charge on any atom is 0.471 e. The first-order valence-corrected chi connectivity index (χ1v) is 5.59. The molecule has 20 heavy (non-hydrogen) atoms. The van der Waals surface area contributed by atoms with Crippen molar-refractivity contribution in [2.75, 3.05) is 6.61 Å². The molecule has 0 rings (SSSR count). The van der Waals surface area contributed by atoms with Gasteiger partial charge in [-0.05, 0) is 5.41 Å². The Hall–Kier alpha value is -1.80. The van der Waals surface area contributed by atoms with E-state index in [9.17, 15) is 27.6 Å². The molecular weight excluding hydrogens is 283 g/mol. The Morgan fingerprint density at radius 2 is 1.70 bits per heavy atom. The zero-order chi connectivity index (χ0) is 16.1. The number of carbonyl (C=O) groups is 3. The molecule has 0 aliphatic rings. The first-order chi connectivity index (χ1) is 8.83. The Morgan fingerprint density at radius 1 is 1.20 bits per heavy atom. The molecule has 0 bridgehead atoms. The third kappa shape index (κ3) is 7.59. The zero-order valence-electron chi connectivity index (χ0n) is 11.2. The lowest BCUT2D eigenvalue weighted by atomic mass is 9.99. The average molecular weight is 299 g/mol. The standard InChI is InChI=1S/C11H16F3NO5/c1-10(2,3)5-20-8(18)6(4-7(16)17)15-9(19)11(12,13)14/h6H,4-5H2,1-3H3,(H,15,19)(H,16,17). The second-order valence-electron chi connectivity index (χ2n) is 5.29. The summed E-state index contributed by atoms with van der Waals surface area (Å²) in [5, 5.41) is 9.84. The van der Waals surface area contributed by atoms with Crippen molar-refractivity contribution in [2.24, 2.45) is 5.41 Å². The van der Waals surface area contributed by atoms with Crippen LogP contribution in [0.5, 0.6) is 0 Å². The predicted octanol–water partition coefficient (Wildman–Crippen LogP) is 1.10. The number of carboxylic acid groups (broad SMARTS) is 1. The fourth-order valence-corrected chi connectivity index (χ4v) is 0.996. The number of esters is 1. The molecule has 0 spiro atoms. The van der Waals surface area contributed by atoms with Gasteiger partial charge in [0.05, 0.1) is 13.0 Å². The van der Waals surface area contributed by atoms with Crippen LogP contribution in [0.2, 0.25) is 0 Å². The molecule has 0 heterocycles. The van der Waals surface area contributed by atoms with E-state index in [1.807, 2.05) is 0 Å². The van der Waals surface area contributed by atoms with E-state index < -0.39 is 41.9 Å². The molecule has 1 atom stereocenters. The van der Waals surface area contributed by atoms with E-state index in [1.165, 1.54) is 5.32 Å². The number of aliphatic carboxylic acids is 1. The van der Waals surface area contributed by atoms with Crippen LogP contribution in [-0.2, 0) is 19.1 Å². The second kappa shape index (κ2) is 6.58. The number of carboxylic acids is 1. The van der Waals surface area contributed by atoms with Gasteiger partial charge in [0.15, 0.2) is 0 Å². The van der Waals surface area contributed by atoms with Gasteiger partial charge in [0, 0.05) is 0 Å². The Bertz CT molecular complexity index is 387. The number of alkyl halides is 3. The molecule has 116 valence electrons. The Balaban J connectivity index is 4.76. The van der Waals surface area contributed by atoms with Crippen LogP contribution in [0.4, 0.5) is 13.2 Å². The van der Waals surface area contributed by atoms with Crippen LogP contribution in [0.1, 0.15) is 27.2 Å². The lowest BCUT2D eigenvalue weighted by Crippen LogP contribution is -2.48. The van der Waals surface area contributed by atoms with Gasteiger partial charge in [-0.2, -0.15) is 13.2 Å². The van der Waals surface area contributed by atoms with Crippen LogP contribution in [0.25, 0.3) is 0 Å². The van der Waals surface area contributed by atoms with Gasteiger partial charge in [0.1, 0.15) is 6.04 Å². The highest BCUT2D eigenvalue weighted by Gasteiger charge is 2.41. The molecule has 9 heteroatoms. The minimum atomic E-state index is -5.21. The summed E-state index contributed by atoms with van der Waals surface area (Å²) in [6.45, 7) is 5.01. The SMILES string of the molecule is CC(C)(C)COC(=O)C(CC(=O)O)NC(=O)C(F)(F)F. The topological polar surface area (TPSA) is 92.7 Å². The molecule has 0 fully saturated rings. The van der Waals surface area contributed by atoms with Crippen LogP contribution in [0.3, 0.4) is 0 Å². The number of ether oxygens (including phenoxy) is 1. The van der Waals surface area contributed by atoms with E-state index in [0.717, 1.165) is 0 Å². The van der Waals surface area contributed by atoms with E-state index in [0.29, 0.717) is 0 Å². The highest BCUT2D eigenvalue weighted by molar-refractivity contribution is 5.89. The van der Waals surface area contributed by atoms with Crippen molar-refractivity contribution in [3.8, 4) is 0 Å². The Morgan fingerprint density at radius 3 is 2.05 bits per heavy atom. The zero-order valence-corrected chi connectivity index (χ0v) is 11.2. The van der Waals surface area contributed by atoms with Crippen LogP contribution in [0.15, 0.2) is 0 Å². The van der Waals surface area contributed by atoms with Crippen LogP contribution in [0, 0.1) is 5.41 Å². The largest absolute Gasteiger partial charge is 0.481 e. The monoisotopic (exact) mass is 299 g/mol. The van der Waals surface area contributed by atoms with Crippen molar-refractivity contribution in [3.63, 3.8) is 0 Å². The van der Waals surface area contributed by atoms with E-state index in [2.05, 4.69) is 0 Å². The van der Waals surface area contributed by atoms with E-state index >= 15 is 0 Å². The smallest absolute Gasteiger partial charge is 0.471 e. The normalized spacial score (nSPS) is 13.5. The molecule has 1 unspecified atom stereocenters. The number of nitrogens with one attached hydrogen (secondary N) is 1. The van der Waals surface area contributed by atoms with Crippen molar-refractivity contribution >= 4 is 17.8 Å². The summed E-state index contributed by atoms with van der Waals surface area (Å²) in [7, 11) is 0. The fraction of sp³-hybridized carbons (Fsp3) is 0.727. The highest BCUT2D eigenvalue weighted by Crippen LogP contribution is 2.16. The molecule has 0 aromatic carbocycles. The van der Waals surface area contributed by atoms with Gasteiger partial charge in [-0.1, -0.05) is 20.8 Å². The summed E-state index contributed by atoms with van der Waals surface area (Å²) in [5.41, 5.74) is -0.447. The molecule has 0 radical (unpaired) electrons. The Labute approximate surface area is 113 Å². The van der Waals surface area contributed by atoms with Crippen molar-refractivity contribution in [1.82, 2.24) is 5.32 Å². The molecule has 0 saturated heterocycles. The molecule has 1 amide bonds. The summed E-state index contributed by atoms with van der Waals surface area (Å²) in [6.07, 6.45) is -6.20. The number of hydrogen-bond donors (Lipinski definition) is 2.